The van der Waals surface area contributed by atoms with E-state index in [0.717, 1.165) is 29.4 Å². The second-order valence-corrected chi connectivity index (χ2v) is 6.63. The molecule has 0 amide bonds. The molecule has 0 aromatic heterocycles. The van der Waals surface area contributed by atoms with Gasteiger partial charge < -0.3 is 5.32 Å². The Morgan fingerprint density at radius 1 is 1.33 bits per heavy atom. The van der Waals surface area contributed by atoms with E-state index in [1.165, 1.54) is 6.07 Å². The SMILES string of the molecule is CC(C)(CCCCl)CNCc1cc(F)cc(Br)c1. The minimum atomic E-state index is -0.206. The van der Waals surface area contributed by atoms with Crippen molar-refractivity contribution in [2.45, 2.75) is 33.2 Å². The molecule has 4 heteroatoms. The van der Waals surface area contributed by atoms with Crippen LogP contribution in [0.2, 0.25) is 0 Å². The molecule has 1 nitrogen and oxygen atoms in total. The minimum absolute atomic E-state index is 0.206. The van der Waals surface area contributed by atoms with Crippen molar-refractivity contribution in [1.29, 1.82) is 0 Å². The molecule has 0 spiro atoms. The maximum Gasteiger partial charge on any atom is 0.124 e. The smallest absolute Gasteiger partial charge is 0.124 e. The topological polar surface area (TPSA) is 12.0 Å². The molecule has 1 N–H and O–H groups in total. The van der Waals surface area contributed by atoms with E-state index in [9.17, 15) is 4.39 Å². The second-order valence-electron chi connectivity index (χ2n) is 5.34. The summed E-state index contributed by atoms with van der Waals surface area (Å²) in [5.74, 6) is 0.503. The van der Waals surface area contributed by atoms with Gasteiger partial charge in [0.2, 0.25) is 0 Å². The number of hydrogen-bond acceptors (Lipinski definition) is 1. The highest BCUT2D eigenvalue weighted by Gasteiger charge is 2.16. The molecule has 0 atom stereocenters. The van der Waals surface area contributed by atoms with Gasteiger partial charge >= 0.3 is 0 Å². The van der Waals surface area contributed by atoms with Gasteiger partial charge in [-0.3, -0.25) is 0 Å². The summed E-state index contributed by atoms with van der Waals surface area (Å²) < 4.78 is 14.0. The van der Waals surface area contributed by atoms with Crippen molar-refractivity contribution in [2.24, 2.45) is 5.41 Å². The molecular formula is C14H20BrClFN. The Morgan fingerprint density at radius 3 is 2.67 bits per heavy atom. The standard InChI is InChI=1S/C14H20BrClFN/c1-14(2,4-3-5-16)10-18-9-11-6-12(15)8-13(17)7-11/h6-8,18H,3-5,9-10H2,1-2H3. The molecule has 1 rings (SSSR count). The van der Waals surface area contributed by atoms with Gasteiger partial charge in [-0.15, -0.1) is 11.6 Å². The van der Waals surface area contributed by atoms with E-state index < -0.39 is 0 Å². The van der Waals surface area contributed by atoms with Crippen molar-refractivity contribution in [3.8, 4) is 0 Å². The molecule has 0 saturated heterocycles. The van der Waals surface area contributed by atoms with Crippen molar-refractivity contribution in [1.82, 2.24) is 5.32 Å². The van der Waals surface area contributed by atoms with Gasteiger partial charge in [-0.1, -0.05) is 29.8 Å². The first-order chi connectivity index (χ1) is 8.43. The average Bonchev–Trinajstić information content (AvgIpc) is 2.25. The lowest BCUT2D eigenvalue weighted by Gasteiger charge is -2.24. The van der Waals surface area contributed by atoms with E-state index >= 15 is 0 Å². The van der Waals surface area contributed by atoms with Gasteiger partial charge in [0.05, 0.1) is 0 Å². The Bertz CT molecular complexity index is 362. The largest absolute Gasteiger partial charge is 0.312 e. The maximum atomic E-state index is 13.2. The van der Waals surface area contributed by atoms with E-state index in [2.05, 4.69) is 35.1 Å². The van der Waals surface area contributed by atoms with Crippen LogP contribution >= 0.6 is 27.5 Å². The number of halogens is 3. The van der Waals surface area contributed by atoms with Crippen molar-refractivity contribution in [2.75, 3.05) is 12.4 Å². The van der Waals surface area contributed by atoms with Crippen molar-refractivity contribution in [3.05, 3.63) is 34.1 Å². The molecule has 102 valence electrons. The average molecular weight is 337 g/mol. The molecule has 0 heterocycles. The van der Waals surface area contributed by atoms with Crippen LogP contribution in [0.25, 0.3) is 0 Å². The van der Waals surface area contributed by atoms with Crippen LogP contribution in [-0.2, 0) is 6.54 Å². The number of alkyl halides is 1. The molecule has 18 heavy (non-hydrogen) atoms. The monoisotopic (exact) mass is 335 g/mol. The van der Waals surface area contributed by atoms with E-state index in [1.807, 2.05) is 6.07 Å². The third kappa shape index (κ3) is 6.17. The van der Waals surface area contributed by atoms with Crippen LogP contribution in [0.3, 0.4) is 0 Å². The lowest BCUT2D eigenvalue weighted by molar-refractivity contribution is 0.311. The van der Waals surface area contributed by atoms with Gasteiger partial charge in [0.15, 0.2) is 0 Å². The van der Waals surface area contributed by atoms with Crippen molar-refractivity contribution < 1.29 is 4.39 Å². The number of nitrogens with one attached hydrogen (secondary N) is 1. The highest BCUT2D eigenvalue weighted by molar-refractivity contribution is 9.10. The minimum Gasteiger partial charge on any atom is -0.312 e. The highest BCUT2D eigenvalue weighted by atomic mass is 79.9. The fourth-order valence-corrected chi connectivity index (χ4v) is 2.54. The predicted octanol–water partition coefficient (Wildman–Crippen LogP) is 4.72. The van der Waals surface area contributed by atoms with Crippen molar-refractivity contribution >= 4 is 27.5 Å². The lowest BCUT2D eigenvalue weighted by Crippen LogP contribution is -2.29. The van der Waals surface area contributed by atoms with Crippen LogP contribution in [-0.4, -0.2) is 12.4 Å². The van der Waals surface area contributed by atoms with Gasteiger partial charge in [-0.05, 0) is 42.0 Å². The number of benzene rings is 1. The highest BCUT2D eigenvalue weighted by Crippen LogP contribution is 2.22. The summed E-state index contributed by atoms with van der Waals surface area (Å²) in [6.45, 7) is 6.01. The van der Waals surface area contributed by atoms with Crippen LogP contribution < -0.4 is 5.32 Å². The van der Waals surface area contributed by atoms with Crippen LogP contribution in [0, 0.1) is 11.2 Å². The predicted molar refractivity (Wildman–Crippen MR) is 79.5 cm³/mol. The Hall–Kier alpha value is -0.120. The normalized spacial score (nSPS) is 11.8. The Morgan fingerprint density at radius 2 is 2.06 bits per heavy atom. The van der Waals surface area contributed by atoms with E-state index in [-0.39, 0.29) is 11.2 Å². The molecule has 1 aromatic carbocycles. The van der Waals surface area contributed by atoms with Crippen LogP contribution in [0.4, 0.5) is 4.39 Å². The molecular weight excluding hydrogens is 317 g/mol. The Kier molecular flexibility index (Phi) is 6.61. The molecule has 0 aliphatic heterocycles. The number of rotatable bonds is 7. The second kappa shape index (κ2) is 7.46. The van der Waals surface area contributed by atoms with E-state index in [4.69, 9.17) is 11.6 Å². The first-order valence-corrected chi connectivity index (χ1v) is 7.47. The van der Waals surface area contributed by atoms with Gasteiger partial charge in [-0.25, -0.2) is 4.39 Å². The van der Waals surface area contributed by atoms with Crippen LogP contribution in [0.15, 0.2) is 22.7 Å². The fraction of sp³-hybridized carbons (Fsp3) is 0.571. The van der Waals surface area contributed by atoms with Crippen LogP contribution in [0.1, 0.15) is 32.3 Å². The van der Waals surface area contributed by atoms with Gasteiger partial charge in [0.25, 0.3) is 0 Å². The maximum absolute atomic E-state index is 13.2. The third-order valence-corrected chi connectivity index (χ3v) is 3.57. The Labute approximate surface area is 122 Å². The summed E-state index contributed by atoms with van der Waals surface area (Å²) >= 11 is 9.00. The Balaban J connectivity index is 2.41. The summed E-state index contributed by atoms with van der Waals surface area (Å²) in [6.07, 6.45) is 2.12. The van der Waals surface area contributed by atoms with E-state index in [0.29, 0.717) is 12.4 Å². The first kappa shape index (κ1) is 15.9. The first-order valence-electron chi connectivity index (χ1n) is 6.15. The van der Waals surface area contributed by atoms with Gasteiger partial charge in [-0.2, -0.15) is 0 Å². The van der Waals surface area contributed by atoms with Crippen LogP contribution in [0.5, 0.6) is 0 Å². The summed E-state index contributed by atoms with van der Waals surface area (Å²) in [4.78, 5) is 0. The van der Waals surface area contributed by atoms with Crippen molar-refractivity contribution in [3.63, 3.8) is 0 Å². The third-order valence-electron chi connectivity index (χ3n) is 2.84. The molecule has 0 saturated carbocycles. The summed E-state index contributed by atoms with van der Waals surface area (Å²) in [5, 5.41) is 3.37. The summed E-state index contributed by atoms with van der Waals surface area (Å²) in [6, 6.07) is 4.96. The quantitative estimate of drug-likeness (QED) is 0.710. The molecule has 0 bridgehead atoms. The molecule has 0 aliphatic rings. The number of hydrogen-bond donors (Lipinski definition) is 1. The molecule has 0 fully saturated rings. The van der Waals surface area contributed by atoms with E-state index in [1.54, 1.807) is 6.07 Å². The zero-order valence-electron chi connectivity index (χ0n) is 10.9. The van der Waals surface area contributed by atoms with Gasteiger partial charge in [0.1, 0.15) is 5.82 Å². The molecule has 1 aromatic rings. The molecule has 0 aliphatic carbocycles. The summed E-state index contributed by atoms with van der Waals surface area (Å²) in [7, 11) is 0. The van der Waals surface area contributed by atoms with Gasteiger partial charge in [0, 0.05) is 23.4 Å². The molecule has 0 radical (unpaired) electrons. The molecule has 0 unspecified atom stereocenters. The lowest BCUT2D eigenvalue weighted by atomic mass is 9.88. The zero-order chi connectivity index (χ0) is 13.6. The summed E-state index contributed by atoms with van der Waals surface area (Å²) in [5.41, 5.74) is 1.18. The fourth-order valence-electron chi connectivity index (χ4n) is 1.89. The zero-order valence-corrected chi connectivity index (χ0v) is 13.2.